The summed E-state index contributed by atoms with van der Waals surface area (Å²) in [7, 11) is 0. The second kappa shape index (κ2) is 4.47. The van der Waals surface area contributed by atoms with Crippen LogP contribution in [0.1, 0.15) is 26.3 Å². The van der Waals surface area contributed by atoms with Crippen molar-refractivity contribution in [2.75, 3.05) is 5.32 Å². The number of benzene rings is 1. The Morgan fingerprint density at radius 3 is 2.18 bits per heavy atom. The van der Waals surface area contributed by atoms with E-state index in [1.54, 1.807) is 19.1 Å². The van der Waals surface area contributed by atoms with Crippen molar-refractivity contribution < 1.29 is 17.9 Å². The lowest BCUT2D eigenvalue weighted by Gasteiger charge is -2.23. The summed E-state index contributed by atoms with van der Waals surface area (Å²) in [6.07, 6.45) is -4.66. The van der Waals surface area contributed by atoms with Gasteiger partial charge in [-0.3, -0.25) is 0 Å². The summed E-state index contributed by atoms with van der Waals surface area (Å²) >= 11 is 0. The van der Waals surface area contributed by atoms with E-state index in [4.69, 9.17) is 0 Å². The van der Waals surface area contributed by atoms with Gasteiger partial charge in [-0.1, -0.05) is 6.07 Å². The Hall–Kier alpha value is -1.39. The van der Waals surface area contributed by atoms with E-state index in [2.05, 4.69) is 10.1 Å². The molecule has 0 aliphatic rings. The standard InChI is InChI=1S/C12H16F3NO/c1-8-5-6-9(16-11(2,3)4)7-10(8)17-12(13,14)15/h5-7,16H,1-4H3. The normalized spacial score (nSPS) is 12.4. The molecular weight excluding hydrogens is 231 g/mol. The second-order valence-electron chi connectivity index (χ2n) is 4.90. The number of rotatable bonds is 2. The minimum absolute atomic E-state index is 0.174. The van der Waals surface area contributed by atoms with Crippen LogP contribution < -0.4 is 10.1 Å². The number of aryl methyl sites for hydroxylation is 1. The molecule has 0 bridgehead atoms. The first-order valence-electron chi connectivity index (χ1n) is 5.21. The lowest BCUT2D eigenvalue weighted by molar-refractivity contribution is -0.274. The second-order valence-corrected chi connectivity index (χ2v) is 4.90. The SMILES string of the molecule is Cc1ccc(NC(C)(C)C)cc1OC(F)(F)F. The van der Waals surface area contributed by atoms with Crippen LogP contribution in [0.3, 0.4) is 0 Å². The molecule has 1 aromatic carbocycles. The number of hydrogen-bond acceptors (Lipinski definition) is 2. The van der Waals surface area contributed by atoms with Gasteiger partial charge in [0.25, 0.3) is 0 Å². The molecule has 0 amide bonds. The maximum Gasteiger partial charge on any atom is 0.573 e. The molecule has 0 heterocycles. The average Bonchev–Trinajstić information content (AvgIpc) is 2.05. The van der Waals surface area contributed by atoms with Crippen LogP contribution in [0.15, 0.2) is 18.2 Å². The quantitative estimate of drug-likeness (QED) is 0.849. The Bertz CT molecular complexity index is 394. The highest BCUT2D eigenvalue weighted by Gasteiger charge is 2.31. The van der Waals surface area contributed by atoms with Gasteiger partial charge in [-0.05, 0) is 39.3 Å². The molecule has 1 N–H and O–H groups in total. The molecule has 0 radical (unpaired) electrons. The largest absolute Gasteiger partial charge is 0.573 e. The van der Waals surface area contributed by atoms with Crippen LogP contribution >= 0.6 is 0 Å². The maximum absolute atomic E-state index is 12.1. The summed E-state index contributed by atoms with van der Waals surface area (Å²) < 4.78 is 40.4. The minimum atomic E-state index is -4.66. The van der Waals surface area contributed by atoms with E-state index in [9.17, 15) is 13.2 Å². The molecule has 0 aliphatic heterocycles. The molecular formula is C12H16F3NO. The molecule has 0 aromatic heterocycles. The summed E-state index contributed by atoms with van der Waals surface area (Å²) in [5, 5.41) is 3.09. The van der Waals surface area contributed by atoms with Crippen molar-refractivity contribution in [1.82, 2.24) is 0 Å². The van der Waals surface area contributed by atoms with E-state index in [0.29, 0.717) is 11.3 Å². The summed E-state index contributed by atoms with van der Waals surface area (Å²) in [6.45, 7) is 7.35. The number of nitrogens with one attached hydrogen (secondary N) is 1. The molecule has 0 fully saturated rings. The highest BCUT2D eigenvalue weighted by Crippen LogP contribution is 2.29. The molecule has 0 spiro atoms. The minimum Gasteiger partial charge on any atom is -0.405 e. The number of hydrogen-bond donors (Lipinski definition) is 1. The zero-order valence-electron chi connectivity index (χ0n) is 10.3. The Morgan fingerprint density at radius 1 is 1.12 bits per heavy atom. The maximum atomic E-state index is 12.1. The van der Waals surface area contributed by atoms with E-state index in [1.807, 2.05) is 20.8 Å². The molecule has 0 saturated carbocycles. The van der Waals surface area contributed by atoms with Gasteiger partial charge in [0, 0.05) is 17.3 Å². The molecule has 0 unspecified atom stereocenters. The molecule has 17 heavy (non-hydrogen) atoms. The first-order valence-corrected chi connectivity index (χ1v) is 5.21. The van der Waals surface area contributed by atoms with Crippen LogP contribution in [0.2, 0.25) is 0 Å². The smallest absolute Gasteiger partial charge is 0.405 e. The van der Waals surface area contributed by atoms with Crippen LogP contribution in [0, 0.1) is 6.92 Å². The Balaban J connectivity index is 2.95. The fraction of sp³-hybridized carbons (Fsp3) is 0.500. The van der Waals surface area contributed by atoms with Gasteiger partial charge in [0.15, 0.2) is 0 Å². The van der Waals surface area contributed by atoms with E-state index in [1.165, 1.54) is 6.07 Å². The number of halogens is 3. The number of ether oxygens (including phenoxy) is 1. The molecule has 1 aromatic rings. The molecule has 0 saturated heterocycles. The third kappa shape index (κ3) is 4.97. The van der Waals surface area contributed by atoms with Gasteiger partial charge in [-0.15, -0.1) is 13.2 Å². The molecule has 96 valence electrons. The molecule has 0 aliphatic carbocycles. The van der Waals surface area contributed by atoms with Gasteiger partial charge in [-0.2, -0.15) is 0 Å². The van der Waals surface area contributed by atoms with Crippen molar-refractivity contribution in [2.24, 2.45) is 0 Å². The third-order valence-electron chi connectivity index (χ3n) is 1.93. The van der Waals surface area contributed by atoms with Crippen molar-refractivity contribution in [3.05, 3.63) is 23.8 Å². The lowest BCUT2D eigenvalue weighted by Crippen LogP contribution is -2.26. The van der Waals surface area contributed by atoms with Crippen LogP contribution in [0.25, 0.3) is 0 Å². The predicted molar refractivity (Wildman–Crippen MR) is 61.2 cm³/mol. The number of alkyl halides is 3. The van der Waals surface area contributed by atoms with Gasteiger partial charge in [0.1, 0.15) is 5.75 Å². The summed E-state index contributed by atoms with van der Waals surface area (Å²) in [5.41, 5.74) is 0.828. The highest BCUT2D eigenvalue weighted by atomic mass is 19.4. The van der Waals surface area contributed by atoms with Gasteiger partial charge in [-0.25, -0.2) is 0 Å². The topological polar surface area (TPSA) is 21.3 Å². The van der Waals surface area contributed by atoms with Gasteiger partial charge >= 0.3 is 6.36 Å². The Labute approximate surface area is 98.8 Å². The number of anilines is 1. The van der Waals surface area contributed by atoms with Crippen molar-refractivity contribution in [2.45, 2.75) is 39.6 Å². The Morgan fingerprint density at radius 2 is 1.71 bits per heavy atom. The summed E-state index contributed by atoms with van der Waals surface area (Å²) in [4.78, 5) is 0. The van der Waals surface area contributed by atoms with E-state index in [-0.39, 0.29) is 11.3 Å². The fourth-order valence-corrected chi connectivity index (χ4v) is 1.35. The van der Waals surface area contributed by atoms with Gasteiger partial charge in [0.2, 0.25) is 0 Å². The van der Waals surface area contributed by atoms with E-state index in [0.717, 1.165) is 0 Å². The van der Waals surface area contributed by atoms with Crippen LogP contribution in [0.4, 0.5) is 18.9 Å². The third-order valence-corrected chi connectivity index (χ3v) is 1.93. The summed E-state index contributed by atoms with van der Waals surface area (Å²) in [5.74, 6) is -0.174. The average molecular weight is 247 g/mol. The summed E-state index contributed by atoms with van der Waals surface area (Å²) in [6, 6.07) is 4.67. The van der Waals surface area contributed by atoms with Crippen LogP contribution in [-0.4, -0.2) is 11.9 Å². The molecule has 2 nitrogen and oxygen atoms in total. The first kappa shape index (κ1) is 13.7. The van der Waals surface area contributed by atoms with E-state index < -0.39 is 6.36 Å². The lowest BCUT2D eigenvalue weighted by atomic mass is 10.1. The molecule has 5 heteroatoms. The monoisotopic (exact) mass is 247 g/mol. The van der Waals surface area contributed by atoms with Crippen LogP contribution in [-0.2, 0) is 0 Å². The zero-order valence-corrected chi connectivity index (χ0v) is 10.3. The first-order chi connectivity index (χ1) is 7.57. The van der Waals surface area contributed by atoms with E-state index >= 15 is 0 Å². The fourth-order valence-electron chi connectivity index (χ4n) is 1.35. The predicted octanol–water partition coefficient (Wildman–Crippen LogP) is 4.10. The molecule has 1 rings (SSSR count). The van der Waals surface area contributed by atoms with Gasteiger partial charge < -0.3 is 10.1 Å². The Kier molecular flexibility index (Phi) is 3.59. The van der Waals surface area contributed by atoms with Crippen molar-refractivity contribution in [3.63, 3.8) is 0 Å². The van der Waals surface area contributed by atoms with Crippen LogP contribution in [0.5, 0.6) is 5.75 Å². The van der Waals surface area contributed by atoms with Gasteiger partial charge in [0.05, 0.1) is 0 Å². The van der Waals surface area contributed by atoms with Crippen molar-refractivity contribution in [1.29, 1.82) is 0 Å². The van der Waals surface area contributed by atoms with Crippen molar-refractivity contribution >= 4 is 5.69 Å². The highest BCUT2D eigenvalue weighted by molar-refractivity contribution is 5.52. The molecule has 0 atom stereocenters. The zero-order chi connectivity index (χ0) is 13.3. The van der Waals surface area contributed by atoms with Crippen molar-refractivity contribution in [3.8, 4) is 5.75 Å².